The monoisotopic (exact) mass is 692 g/mol. The Balaban J connectivity index is 1.06. The van der Waals surface area contributed by atoms with Crippen LogP contribution < -0.4 is 14.5 Å². The van der Waals surface area contributed by atoms with Gasteiger partial charge < -0.3 is 23.8 Å². The molecule has 250 valence electrons. The first-order valence-corrected chi connectivity index (χ1v) is 17.7. The molecule has 16 heteroatoms. The zero-order valence-corrected chi connectivity index (χ0v) is 26.6. The van der Waals surface area contributed by atoms with Crippen LogP contribution in [-0.4, -0.2) is 66.4 Å². The molecule has 2 aromatic heterocycles. The first-order chi connectivity index (χ1) is 22.5. The molecular weight excluding hydrogens is 661 g/mol. The smallest absolute Gasteiger partial charge is 0.405 e. The Morgan fingerprint density at radius 1 is 1.11 bits per heavy atom. The summed E-state index contributed by atoms with van der Waals surface area (Å²) in [5.74, 6) is -0.0899. The van der Waals surface area contributed by atoms with Crippen molar-refractivity contribution in [1.82, 2.24) is 10.1 Å². The van der Waals surface area contributed by atoms with E-state index >= 15 is 0 Å². The van der Waals surface area contributed by atoms with Crippen LogP contribution in [0.5, 0.6) is 5.75 Å². The lowest BCUT2D eigenvalue weighted by Gasteiger charge is -2.38. The van der Waals surface area contributed by atoms with Crippen molar-refractivity contribution in [3.8, 4) is 17.0 Å². The van der Waals surface area contributed by atoms with Crippen molar-refractivity contribution in [3.63, 3.8) is 0 Å². The van der Waals surface area contributed by atoms with Gasteiger partial charge in [-0.25, -0.2) is 4.98 Å². The average Bonchev–Trinajstić information content (AvgIpc) is 3.53. The number of amides is 1. The highest BCUT2D eigenvalue weighted by Gasteiger charge is 2.43. The van der Waals surface area contributed by atoms with E-state index in [2.05, 4.69) is 14.8 Å². The second kappa shape index (κ2) is 12.4. The number of alkyl halides is 3. The summed E-state index contributed by atoms with van der Waals surface area (Å²) < 4.78 is 88.2. The number of benzene rings is 2. The van der Waals surface area contributed by atoms with Gasteiger partial charge in [0.25, 0.3) is 10.1 Å². The number of carbonyl (C=O) groups excluding carboxylic acids is 1. The van der Waals surface area contributed by atoms with E-state index in [1.54, 1.807) is 24.3 Å². The molecular formula is C31H31F3N4O7S2. The summed E-state index contributed by atoms with van der Waals surface area (Å²) in [4.78, 5) is 20.1. The van der Waals surface area contributed by atoms with Gasteiger partial charge in [0.2, 0.25) is 6.41 Å². The standard InChI is InChI=1S/C31H31F3N4O7S2/c32-31(33,34)44-26-4-2-1-3-23(26)28-24(29(45-36-28)18-5-6-18)16-43-22-13-20-7-8-21(14-22)38(20)30-35-25-10-9-19(15-27(25)46-30)37(17-39)11-12-47(40,41)42/h1-4,9-10,15,17-18,20-22H,5-8,11-14,16H2,(H,40,41,42)/t20-,21+,22-. The predicted molar refractivity (Wildman–Crippen MR) is 167 cm³/mol. The normalized spacial score (nSPS) is 21.4. The highest BCUT2D eigenvalue weighted by atomic mass is 32.2. The highest BCUT2D eigenvalue weighted by molar-refractivity contribution is 7.85. The number of piperidine rings is 1. The Morgan fingerprint density at radius 2 is 1.85 bits per heavy atom. The third kappa shape index (κ3) is 6.96. The van der Waals surface area contributed by atoms with Gasteiger partial charge in [0.15, 0.2) is 5.13 Å². The van der Waals surface area contributed by atoms with Gasteiger partial charge in [0.05, 0.1) is 28.7 Å². The lowest BCUT2D eigenvalue weighted by atomic mass is 10.00. The van der Waals surface area contributed by atoms with Gasteiger partial charge in [-0.3, -0.25) is 9.35 Å². The van der Waals surface area contributed by atoms with E-state index < -0.39 is 22.2 Å². The molecule has 1 aliphatic carbocycles. The number of fused-ring (bicyclic) bond motifs is 3. The molecule has 4 aromatic rings. The number of hydrogen-bond acceptors (Lipinski definition) is 10. The Bertz CT molecular complexity index is 1880. The van der Waals surface area contributed by atoms with Crippen LogP contribution in [0.3, 0.4) is 0 Å². The summed E-state index contributed by atoms with van der Waals surface area (Å²) in [6, 6.07) is 11.6. The fourth-order valence-electron chi connectivity index (χ4n) is 6.64. The quantitative estimate of drug-likeness (QED) is 0.133. The molecule has 11 nitrogen and oxygen atoms in total. The molecule has 4 heterocycles. The van der Waals surface area contributed by atoms with Crippen molar-refractivity contribution >= 4 is 48.9 Å². The molecule has 1 amide bonds. The van der Waals surface area contributed by atoms with Gasteiger partial charge in [0, 0.05) is 41.4 Å². The average molecular weight is 693 g/mol. The van der Waals surface area contributed by atoms with Crippen molar-refractivity contribution in [2.75, 3.05) is 22.1 Å². The van der Waals surface area contributed by atoms with Crippen molar-refractivity contribution in [2.45, 2.75) is 75.6 Å². The fraction of sp³-hybridized carbons (Fsp3) is 0.452. The summed E-state index contributed by atoms with van der Waals surface area (Å²) in [7, 11) is -4.22. The number of hydrogen-bond donors (Lipinski definition) is 1. The molecule has 2 bridgehead atoms. The summed E-state index contributed by atoms with van der Waals surface area (Å²) in [5, 5.41) is 5.04. The van der Waals surface area contributed by atoms with Crippen LogP contribution in [-0.2, 0) is 26.3 Å². The SMILES string of the molecule is O=CN(CCS(=O)(=O)O)c1ccc2nc(N3[C@@H]4CC[C@H]3C[C@H](OCc3c(-c5ccccc5OC(F)(F)F)noc3C3CC3)C4)sc2c1. The number of halogens is 3. The third-order valence-corrected chi connectivity index (χ3v) is 10.6. The van der Waals surface area contributed by atoms with E-state index in [0.717, 1.165) is 53.9 Å². The third-order valence-electron chi connectivity index (χ3n) is 8.92. The van der Waals surface area contributed by atoms with E-state index in [4.69, 9.17) is 18.8 Å². The van der Waals surface area contributed by atoms with Crippen molar-refractivity contribution in [2.24, 2.45) is 0 Å². The van der Waals surface area contributed by atoms with Crippen LogP contribution in [0.1, 0.15) is 55.8 Å². The van der Waals surface area contributed by atoms with Crippen LogP contribution >= 0.6 is 11.3 Å². The van der Waals surface area contributed by atoms with Crippen LogP contribution in [0.2, 0.25) is 0 Å². The minimum absolute atomic E-state index is 0.0786. The number of ether oxygens (including phenoxy) is 2. The lowest BCUT2D eigenvalue weighted by molar-refractivity contribution is -0.274. The zero-order chi connectivity index (χ0) is 32.9. The van der Waals surface area contributed by atoms with Crippen molar-refractivity contribution < 1.29 is 44.9 Å². The number of rotatable bonds is 12. The number of carbonyl (C=O) groups is 1. The second-order valence-electron chi connectivity index (χ2n) is 12.1. The summed E-state index contributed by atoms with van der Waals surface area (Å²) in [5.41, 5.74) is 2.42. The molecule has 47 heavy (non-hydrogen) atoms. The van der Waals surface area contributed by atoms with Gasteiger partial charge >= 0.3 is 6.36 Å². The molecule has 2 saturated heterocycles. The van der Waals surface area contributed by atoms with Gasteiger partial charge in [-0.05, 0) is 68.9 Å². The molecule has 0 unspecified atom stereocenters. The molecule has 1 saturated carbocycles. The maximum absolute atomic E-state index is 13.2. The summed E-state index contributed by atoms with van der Waals surface area (Å²) in [6.07, 6.45) is 0.880. The Kier molecular flexibility index (Phi) is 8.39. The minimum Gasteiger partial charge on any atom is -0.405 e. The maximum atomic E-state index is 13.2. The van der Waals surface area contributed by atoms with E-state index in [1.165, 1.54) is 34.4 Å². The Morgan fingerprint density at radius 3 is 2.53 bits per heavy atom. The van der Waals surface area contributed by atoms with E-state index in [0.29, 0.717) is 29.1 Å². The summed E-state index contributed by atoms with van der Waals surface area (Å²) >= 11 is 1.50. The van der Waals surface area contributed by atoms with Gasteiger partial charge in [-0.15, -0.1) is 13.2 Å². The van der Waals surface area contributed by atoms with Crippen molar-refractivity contribution in [1.29, 1.82) is 0 Å². The number of nitrogens with zero attached hydrogens (tertiary/aromatic N) is 4. The van der Waals surface area contributed by atoms with Gasteiger partial charge in [-0.2, -0.15) is 8.42 Å². The Labute approximate surface area is 272 Å². The first-order valence-electron chi connectivity index (χ1n) is 15.3. The minimum atomic E-state index is -4.85. The van der Waals surface area contributed by atoms with Crippen LogP contribution in [0.4, 0.5) is 24.0 Å². The topological polar surface area (TPSA) is 135 Å². The number of anilines is 2. The first kappa shape index (κ1) is 31.8. The number of thiazole rings is 1. The van der Waals surface area contributed by atoms with E-state index in [9.17, 15) is 26.4 Å². The van der Waals surface area contributed by atoms with Crippen LogP contribution in [0.15, 0.2) is 47.0 Å². The molecule has 3 atom stereocenters. The molecule has 2 aromatic carbocycles. The van der Waals surface area contributed by atoms with Crippen LogP contribution in [0.25, 0.3) is 21.5 Å². The second-order valence-corrected chi connectivity index (χ2v) is 14.7. The zero-order valence-electron chi connectivity index (χ0n) is 24.9. The van der Waals surface area contributed by atoms with E-state index in [1.807, 2.05) is 0 Å². The molecule has 2 aliphatic heterocycles. The molecule has 1 N–H and O–H groups in total. The van der Waals surface area contributed by atoms with Gasteiger partial charge in [-0.1, -0.05) is 28.6 Å². The number of para-hydroxylation sites is 1. The Hall–Kier alpha value is -3.73. The van der Waals surface area contributed by atoms with Crippen LogP contribution in [0, 0.1) is 0 Å². The van der Waals surface area contributed by atoms with E-state index in [-0.39, 0.29) is 48.6 Å². The van der Waals surface area contributed by atoms with Crippen molar-refractivity contribution in [3.05, 3.63) is 53.8 Å². The molecule has 7 rings (SSSR count). The van der Waals surface area contributed by atoms with Gasteiger partial charge in [0.1, 0.15) is 17.2 Å². The maximum Gasteiger partial charge on any atom is 0.573 e. The highest BCUT2D eigenvalue weighted by Crippen LogP contribution is 2.47. The largest absolute Gasteiger partial charge is 0.573 e. The molecule has 3 aliphatic rings. The molecule has 0 spiro atoms. The summed E-state index contributed by atoms with van der Waals surface area (Å²) in [6.45, 7) is -0.0204. The lowest BCUT2D eigenvalue weighted by Crippen LogP contribution is -2.45. The number of aromatic nitrogens is 2. The predicted octanol–water partition coefficient (Wildman–Crippen LogP) is 6.29. The molecule has 0 radical (unpaired) electrons. The molecule has 3 fully saturated rings. The fourth-order valence-corrected chi connectivity index (χ4v) is 8.21.